The van der Waals surface area contributed by atoms with E-state index in [1.54, 1.807) is 24.3 Å². The van der Waals surface area contributed by atoms with Gasteiger partial charge in [0.15, 0.2) is 0 Å². The van der Waals surface area contributed by atoms with Gasteiger partial charge in [0.25, 0.3) is 0 Å². The quantitative estimate of drug-likeness (QED) is 0.750. The molecule has 0 amide bonds. The molecule has 116 valence electrons. The highest BCUT2D eigenvalue weighted by atomic mass is 19.1. The van der Waals surface area contributed by atoms with E-state index in [9.17, 15) is 9.18 Å². The zero-order chi connectivity index (χ0) is 15.9. The normalized spacial score (nSPS) is 10.5. The molecule has 0 heterocycles. The summed E-state index contributed by atoms with van der Waals surface area (Å²) in [6.07, 6.45) is 3.30. The van der Waals surface area contributed by atoms with Crippen LogP contribution in [0.4, 0.5) is 4.39 Å². The Labute approximate surface area is 129 Å². The second kappa shape index (κ2) is 7.59. The van der Waals surface area contributed by atoms with Crippen molar-refractivity contribution in [1.29, 1.82) is 0 Å². The Morgan fingerprint density at radius 2 is 1.86 bits per heavy atom. The number of unbranched alkanes of at least 4 members (excludes halogenated alkanes) is 2. The van der Waals surface area contributed by atoms with Crippen LogP contribution in [0.3, 0.4) is 0 Å². The first-order chi connectivity index (χ1) is 10.6. The molecule has 0 aliphatic rings. The molecule has 3 nitrogen and oxygen atoms in total. The van der Waals surface area contributed by atoms with Gasteiger partial charge in [-0.25, -0.2) is 9.18 Å². The molecule has 1 N–H and O–H groups in total. The van der Waals surface area contributed by atoms with Gasteiger partial charge >= 0.3 is 5.97 Å². The van der Waals surface area contributed by atoms with E-state index >= 15 is 0 Å². The van der Waals surface area contributed by atoms with Gasteiger partial charge in [0.1, 0.15) is 11.6 Å². The maximum absolute atomic E-state index is 14.0. The summed E-state index contributed by atoms with van der Waals surface area (Å²) < 4.78 is 19.6. The molecule has 2 aromatic rings. The molecule has 2 aromatic carbocycles. The van der Waals surface area contributed by atoms with Crippen LogP contribution in [-0.4, -0.2) is 17.7 Å². The van der Waals surface area contributed by atoms with Gasteiger partial charge in [-0.3, -0.25) is 0 Å². The minimum absolute atomic E-state index is 0.0582. The standard InChI is InChI=1S/C18H19FO3/c1-2-3-4-11-22-15-8-5-13(6-9-15)16-10-7-14(18(20)21)12-17(16)19/h5-10,12H,2-4,11H2,1H3,(H,20,21). The van der Waals surface area contributed by atoms with E-state index in [0.29, 0.717) is 17.7 Å². The number of aromatic carboxylic acids is 1. The molecule has 22 heavy (non-hydrogen) atoms. The average Bonchev–Trinajstić information content (AvgIpc) is 2.52. The summed E-state index contributed by atoms with van der Waals surface area (Å²) in [7, 11) is 0. The van der Waals surface area contributed by atoms with Crippen molar-refractivity contribution in [3.63, 3.8) is 0 Å². The maximum atomic E-state index is 14.0. The molecule has 0 radical (unpaired) electrons. The molecule has 0 bridgehead atoms. The molecule has 0 atom stereocenters. The smallest absolute Gasteiger partial charge is 0.335 e. The minimum atomic E-state index is -1.14. The van der Waals surface area contributed by atoms with Gasteiger partial charge in [0, 0.05) is 5.56 Å². The third kappa shape index (κ3) is 4.07. The van der Waals surface area contributed by atoms with E-state index in [1.807, 2.05) is 0 Å². The predicted octanol–water partition coefficient (Wildman–Crippen LogP) is 4.76. The highest BCUT2D eigenvalue weighted by Gasteiger charge is 2.10. The van der Waals surface area contributed by atoms with Crippen molar-refractivity contribution in [2.75, 3.05) is 6.61 Å². The van der Waals surface area contributed by atoms with Crippen LogP contribution < -0.4 is 4.74 Å². The van der Waals surface area contributed by atoms with E-state index < -0.39 is 11.8 Å². The first kappa shape index (κ1) is 16.0. The molecule has 0 fully saturated rings. The Balaban J connectivity index is 2.08. The Bertz CT molecular complexity index is 635. The van der Waals surface area contributed by atoms with Crippen LogP contribution >= 0.6 is 0 Å². The summed E-state index contributed by atoms with van der Waals surface area (Å²) >= 11 is 0. The molecule has 4 heteroatoms. The van der Waals surface area contributed by atoms with Crippen molar-refractivity contribution >= 4 is 5.97 Å². The number of carbonyl (C=O) groups is 1. The zero-order valence-corrected chi connectivity index (χ0v) is 12.5. The Kier molecular flexibility index (Phi) is 5.53. The lowest BCUT2D eigenvalue weighted by Gasteiger charge is -2.08. The molecule has 0 aromatic heterocycles. The van der Waals surface area contributed by atoms with Gasteiger partial charge in [-0.2, -0.15) is 0 Å². The SMILES string of the molecule is CCCCCOc1ccc(-c2ccc(C(=O)O)cc2F)cc1. The number of hydrogen-bond donors (Lipinski definition) is 1. The summed E-state index contributed by atoms with van der Waals surface area (Å²) in [6, 6.07) is 11.1. The van der Waals surface area contributed by atoms with Crippen LogP contribution in [0.15, 0.2) is 42.5 Å². The fourth-order valence-electron chi connectivity index (χ4n) is 2.16. The number of hydrogen-bond acceptors (Lipinski definition) is 2. The lowest BCUT2D eigenvalue weighted by Crippen LogP contribution is -1.98. The van der Waals surface area contributed by atoms with Gasteiger partial charge in [0.05, 0.1) is 12.2 Å². The van der Waals surface area contributed by atoms with Crippen molar-refractivity contribution in [2.45, 2.75) is 26.2 Å². The van der Waals surface area contributed by atoms with Crippen molar-refractivity contribution in [1.82, 2.24) is 0 Å². The highest BCUT2D eigenvalue weighted by Crippen LogP contribution is 2.26. The van der Waals surface area contributed by atoms with Gasteiger partial charge in [-0.1, -0.05) is 38.0 Å². The van der Waals surface area contributed by atoms with Crippen LogP contribution in [0.1, 0.15) is 36.5 Å². The second-order valence-electron chi connectivity index (χ2n) is 5.08. The Hall–Kier alpha value is -2.36. The molecule has 2 rings (SSSR count). The van der Waals surface area contributed by atoms with E-state index in [4.69, 9.17) is 9.84 Å². The maximum Gasteiger partial charge on any atom is 0.335 e. The topological polar surface area (TPSA) is 46.5 Å². The second-order valence-corrected chi connectivity index (χ2v) is 5.08. The molecular weight excluding hydrogens is 283 g/mol. The summed E-state index contributed by atoms with van der Waals surface area (Å²) in [5.74, 6) is -0.930. The first-order valence-electron chi connectivity index (χ1n) is 7.38. The fourth-order valence-corrected chi connectivity index (χ4v) is 2.16. The third-order valence-electron chi connectivity index (χ3n) is 3.40. The highest BCUT2D eigenvalue weighted by molar-refractivity contribution is 5.88. The number of halogens is 1. The molecule has 0 saturated carbocycles. The van der Waals surface area contributed by atoms with Gasteiger partial charge < -0.3 is 9.84 Å². The van der Waals surface area contributed by atoms with Gasteiger partial charge in [-0.15, -0.1) is 0 Å². The van der Waals surface area contributed by atoms with Crippen LogP contribution in [0, 0.1) is 5.82 Å². The molecule has 0 spiro atoms. The average molecular weight is 302 g/mol. The number of carboxylic acid groups (broad SMARTS) is 1. The summed E-state index contributed by atoms with van der Waals surface area (Å²) in [6.45, 7) is 2.81. The lowest BCUT2D eigenvalue weighted by molar-refractivity contribution is 0.0696. The van der Waals surface area contributed by atoms with Crippen molar-refractivity contribution in [2.24, 2.45) is 0 Å². The van der Waals surface area contributed by atoms with E-state index in [0.717, 1.165) is 31.1 Å². The van der Waals surface area contributed by atoms with Gasteiger partial charge in [-0.05, 0) is 36.2 Å². The third-order valence-corrected chi connectivity index (χ3v) is 3.40. The Morgan fingerprint density at radius 1 is 1.14 bits per heavy atom. The van der Waals surface area contributed by atoms with Crippen LogP contribution in [0.5, 0.6) is 5.75 Å². The number of carboxylic acids is 1. The zero-order valence-electron chi connectivity index (χ0n) is 12.5. The fraction of sp³-hybridized carbons (Fsp3) is 0.278. The number of benzene rings is 2. The largest absolute Gasteiger partial charge is 0.494 e. The van der Waals surface area contributed by atoms with Crippen molar-refractivity contribution in [3.8, 4) is 16.9 Å². The van der Waals surface area contributed by atoms with Crippen molar-refractivity contribution in [3.05, 3.63) is 53.8 Å². The first-order valence-corrected chi connectivity index (χ1v) is 7.38. The molecule has 0 aliphatic carbocycles. The summed E-state index contributed by atoms with van der Waals surface area (Å²) in [4.78, 5) is 10.8. The van der Waals surface area contributed by atoms with Crippen LogP contribution in [-0.2, 0) is 0 Å². The monoisotopic (exact) mass is 302 g/mol. The molecular formula is C18H19FO3. The van der Waals surface area contributed by atoms with E-state index in [1.165, 1.54) is 12.1 Å². The Morgan fingerprint density at radius 3 is 2.45 bits per heavy atom. The molecule has 0 aliphatic heterocycles. The minimum Gasteiger partial charge on any atom is -0.494 e. The number of rotatable bonds is 7. The summed E-state index contributed by atoms with van der Waals surface area (Å²) in [5, 5.41) is 8.84. The number of ether oxygens (including phenoxy) is 1. The van der Waals surface area contributed by atoms with Crippen molar-refractivity contribution < 1.29 is 19.0 Å². The molecule has 0 saturated heterocycles. The van der Waals surface area contributed by atoms with Crippen LogP contribution in [0.25, 0.3) is 11.1 Å². The van der Waals surface area contributed by atoms with E-state index in [2.05, 4.69) is 6.92 Å². The van der Waals surface area contributed by atoms with Gasteiger partial charge in [0.2, 0.25) is 0 Å². The molecule has 0 unspecified atom stereocenters. The van der Waals surface area contributed by atoms with Crippen LogP contribution in [0.2, 0.25) is 0 Å². The lowest BCUT2D eigenvalue weighted by atomic mass is 10.0. The summed E-state index contributed by atoms with van der Waals surface area (Å²) in [5.41, 5.74) is 1.01. The predicted molar refractivity (Wildman–Crippen MR) is 83.8 cm³/mol. The van der Waals surface area contributed by atoms with E-state index in [-0.39, 0.29) is 5.56 Å².